The fourth-order valence-corrected chi connectivity index (χ4v) is 4.57. The van der Waals surface area contributed by atoms with Gasteiger partial charge in [0.2, 0.25) is 5.91 Å². The number of carbonyl (C=O) groups excluding carboxylic acids is 2. The Balaban J connectivity index is 1.33. The first-order valence-electron chi connectivity index (χ1n) is 11.1. The van der Waals surface area contributed by atoms with Gasteiger partial charge in [-0.25, -0.2) is 0 Å². The molecule has 2 aromatic carbocycles. The number of hydrogen-bond acceptors (Lipinski definition) is 2. The molecule has 2 heterocycles. The Kier molecular flexibility index (Phi) is 5.68. The van der Waals surface area contributed by atoms with Crippen LogP contribution in [0.1, 0.15) is 60.7 Å². The van der Waals surface area contributed by atoms with Gasteiger partial charge in [-0.1, -0.05) is 57.2 Å². The normalized spacial score (nSPS) is 17.6. The van der Waals surface area contributed by atoms with E-state index >= 15 is 0 Å². The predicted octanol–water partition coefficient (Wildman–Crippen LogP) is 4.42. The smallest absolute Gasteiger partial charge is 0.253 e. The highest BCUT2D eigenvalue weighted by Gasteiger charge is 2.32. The summed E-state index contributed by atoms with van der Waals surface area (Å²) in [6.45, 7) is 9.34. The third-order valence-electron chi connectivity index (χ3n) is 6.57. The number of fused-ring (bicyclic) bond motifs is 1. The molecule has 158 valence electrons. The van der Waals surface area contributed by atoms with E-state index in [0.717, 1.165) is 31.4 Å². The Morgan fingerprint density at radius 3 is 2.10 bits per heavy atom. The summed E-state index contributed by atoms with van der Waals surface area (Å²) in [4.78, 5) is 29.9. The van der Waals surface area contributed by atoms with Crippen molar-refractivity contribution in [2.24, 2.45) is 5.92 Å². The fraction of sp³-hybridized carbons (Fsp3) is 0.462. The van der Waals surface area contributed by atoms with Crippen LogP contribution in [0, 0.1) is 5.92 Å². The fourth-order valence-electron chi connectivity index (χ4n) is 4.57. The first-order valence-corrected chi connectivity index (χ1v) is 11.1. The maximum atomic E-state index is 13.1. The van der Waals surface area contributed by atoms with E-state index in [2.05, 4.69) is 51.1 Å². The van der Waals surface area contributed by atoms with Crippen molar-refractivity contribution in [1.82, 2.24) is 9.80 Å². The van der Waals surface area contributed by atoms with Gasteiger partial charge in [0.25, 0.3) is 5.91 Å². The zero-order valence-electron chi connectivity index (χ0n) is 18.4. The van der Waals surface area contributed by atoms with Crippen molar-refractivity contribution in [3.63, 3.8) is 0 Å². The summed E-state index contributed by atoms with van der Waals surface area (Å²) in [6.07, 6.45) is 2.44. The third-order valence-corrected chi connectivity index (χ3v) is 6.57. The van der Waals surface area contributed by atoms with Gasteiger partial charge in [0.05, 0.1) is 0 Å². The molecule has 0 atom stereocenters. The summed E-state index contributed by atoms with van der Waals surface area (Å²) in [7, 11) is 0. The molecular formula is C26H32N2O2. The van der Waals surface area contributed by atoms with Crippen molar-refractivity contribution < 1.29 is 9.59 Å². The van der Waals surface area contributed by atoms with Crippen LogP contribution in [0.25, 0.3) is 0 Å². The average Bonchev–Trinajstić information content (AvgIpc) is 2.77. The van der Waals surface area contributed by atoms with Gasteiger partial charge in [0, 0.05) is 37.7 Å². The van der Waals surface area contributed by atoms with Crippen LogP contribution in [0.5, 0.6) is 0 Å². The monoisotopic (exact) mass is 404 g/mol. The lowest BCUT2D eigenvalue weighted by Gasteiger charge is -2.36. The Morgan fingerprint density at radius 2 is 1.47 bits per heavy atom. The van der Waals surface area contributed by atoms with Crippen LogP contribution in [0.4, 0.5) is 0 Å². The second kappa shape index (κ2) is 8.25. The summed E-state index contributed by atoms with van der Waals surface area (Å²) in [5, 5.41) is 0. The Bertz CT molecular complexity index is 919. The van der Waals surface area contributed by atoms with Gasteiger partial charge in [0.15, 0.2) is 0 Å². The lowest BCUT2D eigenvalue weighted by atomic mass is 9.86. The molecule has 2 aromatic rings. The minimum atomic E-state index is 0.0302. The van der Waals surface area contributed by atoms with Crippen molar-refractivity contribution >= 4 is 11.8 Å². The second-order valence-electron chi connectivity index (χ2n) is 9.67. The molecule has 2 aliphatic rings. The Morgan fingerprint density at radius 1 is 0.833 bits per heavy atom. The highest BCUT2D eigenvalue weighted by Crippen LogP contribution is 2.26. The van der Waals surface area contributed by atoms with E-state index in [4.69, 9.17) is 0 Å². The number of likely N-dealkylation sites (tertiary alicyclic amines) is 1. The summed E-state index contributed by atoms with van der Waals surface area (Å²) in [5.74, 6) is 0.363. The molecule has 4 nitrogen and oxygen atoms in total. The first-order chi connectivity index (χ1) is 14.3. The van der Waals surface area contributed by atoms with Crippen molar-refractivity contribution in [2.75, 3.05) is 19.6 Å². The molecule has 4 rings (SSSR count). The van der Waals surface area contributed by atoms with Crippen molar-refractivity contribution in [1.29, 1.82) is 0 Å². The van der Waals surface area contributed by atoms with Gasteiger partial charge in [0.1, 0.15) is 0 Å². The summed E-state index contributed by atoms with van der Waals surface area (Å²) in [6, 6.07) is 16.4. The van der Waals surface area contributed by atoms with Crippen molar-refractivity contribution in [3.05, 3.63) is 70.8 Å². The lowest BCUT2D eigenvalue weighted by Crippen LogP contribution is -2.45. The maximum absolute atomic E-state index is 13.1. The zero-order valence-corrected chi connectivity index (χ0v) is 18.4. The van der Waals surface area contributed by atoms with Gasteiger partial charge < -0.3 is 9.80 Å². The Labute approximate surface area is 179 Å². The Hall–Kier alpha value is -2.62. The summed E-state index contributed by atoms with van der Waals surface area (Å²) < 4.78 is 0. The van der Waals surface area contributed by atoms with Crippen molar-refractivity contribution in [3.8, 4) is 0 Å². The van der Waals surface area contributed by atoms with Gasteiger partial charge in [-0.3, -0.25) is 9.59 Å². The van der Waals surface area contributed by atoms with Crippen LogP contribution < -0.4 is 0 Å². The standard InChI is InChI=1S/C26H32N2O2/c1-26(2,3)23-10-8-20(9-11-23)24(29)27-15-13-21(14-16-27)25(30)28-17-12-19-6-4-5-7-22(19)18-28/h4-11,21H,12-18H2,1-3H3. The molecule has 0 N–H and O–H groups in total. The number of piperidine rings is 1. The number of benzene rings is 2. The quantitative estimate of drug-likeness (QED) is 0.743. The van der Waals surface area contributed by atoms with E-state index in [9.17, 15) is 9.59 Å². The maximum Gasteiger partial charge on any atom is 0.253 e. The van der Waals surface area contributed by atoms with Gasteiger partial charge >= 0.3 is 0 Å². The molecule has 2 aliphatic heterocycles. The molecular weight excluding hydrogens is 372 g/mol. The molecule has 0 aliphatic carbocycles. The van der Waals surface area contributed by atoms with Crippen LogP contribution in [0.2, 0.25) is 0 Å². The molecule has 0 unspecified atom stereocenters. The first kappa shape index (κ1) is 20.6. The average molecular weight is 405 g/mol. The molecule has 0 bridgehead atoms. The molecule has 0 aromatic heterocycles. The van der Waals surface area contributed by atoms with Crippen LogP contribution >= 0.6 is 0 Å². The number of carbonyl (C=O) groups is 2. The largest absolute Gasteiger partial charge is 0.339 e. The van der Waals surface area contributed by atoms with E-state index in [1.807, 2.05) is 28.0 Å². The highest BCUT2D eigenvalue weighted by atomic mass is 16.2. The molecule has 1 fully saturated rings. The van der Waals surface area contributed by atoms with E-state index in [-0.39, 0.29) is 23.1 Å². The molecule has 0 radical (unpaired) electrons. The van der Waals surface area contributed by atoms with Crippen molar-refractivity contribution in [2.45, 2.75) is 52.0 Å². The lowest BCUT2D eigenvalue weighted by molar-refractivity contribution is -0.137. The SMILES string of the molecule is CC(C)(C)c1ccc(C(=O)N2CCC(C(=O)N3CCc4ccccc4C3)CC2)cc1. The number of nitrogens with zero attached hydrogens (tertiary/aromatic N) is 2. The van der Waals surface area contributed by atoms with E-state index < -0.39 is 0 Å². The molecule has 2 amide bonds. The molecule has 0 spiro atoms. The highest BCUT2D eigenvalue weighted by molar-refractivity contribution is 5.94. The molecule has 30 heavy (non-hydrogen) atoms. The van der Waals surface area contributed by atoms with Crippen LogP contribution in [-0.4, -0.2) is 41.2 Å². The summed E-state index contributed by atoms with van der Waals surface area (Å²) >= 11 is 0. The van der Waals surface area contributed by atoms with E-state index in [1.165, 1.54) is 16.7 Å². The molecule has 0 saturated carbocycles. The number of hydrogen-bond donors (Lipinski definition) is 0. The predicted molar refractivity (Wildman–Crippen MR) is 119 cm³/mol. The van der Waals surface area contributed by atoms with Gasteiger partial charge in [-0.2, -0.15) is 0 Å². The minimum absolute atomic E-state index is 0.0302. The van der Waals surface area contributed by atoms with Crippen LogP contribution in [-0.2, 0) is 23.2 Å². The molecule has 4 heteroatoms. The van der Waals surface area contributed by atoms with Gasteiger partial charge in [-0.05, 0) is 53.5 Å². The molecule has 1 saturated heterocycles. The zero-order chi connectivity index (χ0) is 21.3. The second-order valence-corrected chi connectivity index (χ2v) is 9.67. The summed E-state index contributed by atoms with van der Waals surface area (Å²) in [5.41, 5.74) is 4.67. The van der Waals surface area contributed by atoms with E-state index in [1.54, 1.807) is 0 Å². The van der Waals surface area contributed by atoms with Gasteiger partial charge in [-0.15, -0.1) is 0 Å². The minimum Gasteiger partial charge on any atom is -0.339 e. The third kappa shape index (κ3) is 4.28. The van der Waals surface area contributed by atoms with Crippen LogP contribution in [0.15, 0.2) is 48.5 Å². The van der Waals surface area contributed by atoms with E-state index in [0.29, 0.717) is 19.6 Å². The number of rotatable bonds is 2. The van der Waals surface area contributed by atoms with Crippen LogP contribution in [0.3, 0.4) is 0 Å². The number of amides is 2. The topological polar surface area (TPSA) is 40.6 Å².